The number of hydrogen-bond donors (Lipinski definition) is 0. The number of benzene rings is 1. The topological polar surface area (TPSA) is 69.4 Å². The number of carbonyl (C=O) groups excluding carboxylic acids is 1. The van der Waals surface area contributed by atoms with Crippen molar-refractivity contribution in [1.82, 2.24) is 19.8 Å². The molecule has 0 N–H and O–H groups in total. The lowest BCUT2D eigenvalue weighted by Crippen LogP contribution is -2.10. The number of halogens is 1. The van der Waals surface area contributed by atoms with E-state index in [0.29, 0.717) is 11.6 Å². The maximum atomic E-state index is 11.7. The second kappa shape index (κ2) is 5.44. The largest absolute Gasteiger partial charge is 0.460 e. The number of esters is 1. The monoisotopic (exact) mass is 400 g/mol. The van der Waals surface area contributed by atoms with Gasteiger partial charge >= 0.3 is 5.97 Å². The Labute approximate surface area is 131 Å². The number of hydrogen-bond acceptors (Lipinski definition) is 6. The Hall–Kier alpha value is -1.55. The summed E-state index contributed by atoms with van der Waals surface area (Å²) in [7, 11) is 0. The van der Waals surface area contributed by atoms with Gasteiger partial charge in [0, 0.05) is 9.13 Å². The zero-order valence-corrected chi connectivity index (χ0v) is 13.4. The van der Waals surface area contributed by atoms with Crippen LogP contribution in [0.25, 0.3) is 15.5 Å². The summed E-state index contributed by atoms with van der Waals surface area (Å²) in [6.07, 6.45) is 0. The summed E-state index contributed by atoms with van der Waals surface area (Å²) in [4.78, 5) is 12.3. The van der Waals surface area contributed by atoms with E-state index in [-0.39, 0.29) is 5.82 Å². The van der Waals surface area contributed by atoms with Crippen molar-refractivity contribution in [3.05, 3.63) is 33.7 Å². The van der Waals surface area contributed by atoms with E-state index in [4.69, 9.17) is 4.74 Å². The van der Waals surface area contributed by atoms with Gasteiger partial charge < -0.3 is 4.74 Å². The van der Waals surface area contributed by atoms with E-state index in [9.17, 15) is 4.79 Å². The molecule has 8 heteroatoms. The van der Waals surface area contributed by atoms with Gasteiger partial charge in [-0.15, -0.1) is 10.2 Å². The fourth-order valence-electron chi connectivity index (χ4n) is 1.65. The van der Waals surface area contributed by atoms with Crippen LogP contribution in [-0.2, 0) is 4.74 Å². The van der Waals surface area contributed by atoms with Gasteiger partial charge in [-0.25, -0.2) is 4.79 Å². The third-order valence-electron chi connectivity index (χ3n) is 2.54. The maximum Gasteiger partial charge on any atom is 0.378 e. The Kier molecular flexibility index (Phi) is 3.66. The summed E-state index contributed by atoms with van der Waals surface area (Å²) in [5, 5.41) is 12.9. The highest BCUT2D eigenvalue weighted by molar-refractivity contribution is 14.1. The standard InChI is InChI=1S/C12H9IN4O2S/c1-2-19-11(18)9-14-15-12-17(9)16-10(20-12)7-3-5-8(13)6-4-7/h3-6H,2H2,1H3. The number of aromatic nitrogens is 4. The van der Waals surface area contributed by atoms with Gasteiger partial charge in [-0.2, -0.15) is 9.61 Å². The molecule has 0 amide bonds. The molecule has 2 heterocycles. The van der Waals surface area contributed by atoms with Crippen LogP contribution in [0.3, 0.4) is 0 Å². The van der Waals surface area contributed by atoms with Crippen LogP contribution < -0.4 is 0 Å². The van der Waals surface area contributed by atoms with Crippen LogP contribution in [0.5, 0.6) is 0 Å². The van der Waals surface area contributed by atoms with Gasteiger partial charge in [0.15, 0.2) is 0 Å². The van der Waals surface area contributed by atoms with E-state index in [1.165, 1.54) is 15.9 Å². The molecule has 6 nitrogen and oxygen atoms in total. The Bertz CT molecular complexity index is 765. The predicted molar refractivity (Wildman–Crippen MR) is 82.8 cm³/mol. The molecule has 0 radical (unpaired) electrons. The van der Waals surface area contributed by atoms with Crippen molar-refractivity contribution in [2.45, 2.75) is 6.92 Å². The van der Waals surface area contributed by atoms with Crippen molar-refractivity contribution in [2.75, 3.05) is 6.61 Å². The fourth-order valence-corrected chi connectivity index (χ4v) is 2.85. The van der Waals surface area contributed by atoms with E-state index in [1.807, 2.05) is 24.3 Å². The highest BCUT2D eigenvalue weighted by Crippen LogP contribution is 2.26. The molecule has 0 spiro atoms. The van der Waals surface area contributed by atoms with Crippen molar-refractivity contribution in [3.8, 4) is 10.6 Å². The number of rotatable bonds is 3. The van der Waals surface area contributed by atoms with Crippen LogP contribution in [0.4, 0.5) is 0 Å². The molecule has 0 bridgehead atoms. The Morgan fingerprint density at radius 2 is 2.10 bits per heavy atom. The predicted octanol–water partition coefficient (Wildman–Crippen LogP) is 2.63. The zero-order chi connectivity index (χ0) is 14.1. The van der Waals surface area contributed by atoms with Gasteiger partial charge in [0.2, 0.25) is 4.96 Å². The second-order valence-corrected chi connectivity index (χ2v) is 6.05. The van der Waals surface area contributed by atoms with E-state index in [1.54, 1.807) is 6.92 Å². The molecular formula is C12H9IN4O2S. The highest BCUT2D eigenvalue weighted by atomic mass is 127. The van der Waals surface area contributed by atoms with Gasteiger partial charge in [-0.05, 0) is 41.6 Å². The second-order valence-electron chi connectivity index (χ2n) is 3.85. The Balaban J connectivity index is 2.03. The molecule has 2 aromatic heterocycles. The Morgan fingerprint density at radius 1 is 1.35 bits per heavy atom. The molecule has 0 saturated carbocycles. The van der Waals surface area contributed by atoms with Crippen molar-refractivity contribution >= 4 is 44.9 Å². The van der Waals surface area contributed by atoms with Crippen molar-refractivity contribution in [1.29, 1.82) is 0 Å². The summed E-state index contributed by atoms with van der Waals surface area (Å²) < 4.78 is 7.51. The minimum absolute atomic E-state index is 0.106. The molecule has 3 rings (SSSR count). The SMILES string of the molecule is CCOC(=O)c1nnc2sc(-c3ccc(I)cc3)nn12. The first kappa shape index (κ1) is 13.4. The first-order chi connectivity index (χ1) is 9.69. The molecular weight excluding hydrogens is 391 g/mol. The van der Waals surface area contributed by atoms with Crippen LogP contribution >= 0.6 is 33.9 Å². The van der Waals surface area contributed by atoms with Crippen molar-refractivity contribution in [2.24, 2.45) is 0 Å². The van der Waals surface area contributed by atoms with Crippen LogP contribution in [0.1, 0.15) is 17.5 Å². The van der Waals surface area contributed by atoms with Gasteiger partial charge in [-0.1, -0.05) is 23.5 Å². The van der Waals surface area contributed by atoms with E-state index in [0.717, 1.165) is 14.1 Å². The van der Waals surface area contributed by atoms with Gasteiger partial charge in [0.05, 0.1) is 6.61 Å². The number of fused-ring (bicyclic) bond motifs is 1. The summed E-state index contributed by atoms with van der Waals surface area (Å²) in [5.41, 5.74) is 0.982. The summed E-state index contributed by atoms with van der Waals surface area (Å²) in [5.74, 6) is -0.408. The zero-order valence-electron chi connectivity index (χ0n) is 10.4. The average Bonchev–Trinajstić information content (AvgIpc) is 2.99. The summed E-state index contributed by atoms with van der Waals surface area (Å²) in [6, 6.07) is 7.98. The molecule has 102 valence electrons. The van der Waals surface area contributed by atoms with Gasteiger partial charge in [0.1, 0.15) is 5.01 Å². The third kappa shape index (κ3) is 2.40. The first-order valence-corrected chi connectivity index (χ1v) is 7.74. The maximum absolute atomic E-state index is 11.7. The lowest BCUT2D eigenvalue weighted by Gasteiger charge is -1.97. The molecule has 20 heavy (non-hydrogen) atoms. The molecule has 0 aliphatic heterocycles. The first-order valence-electron chi connectivity index (χ1n) is 5.84. The molecule has 0 saturated heterocycles. The molecule has 3 aromatic rings. The summed E-state index contributed by atoms with van der Waals surface area (Å²) >= 11 is 3.63. The molecule has 0 aliphatic rings. The highest BCUT2D eigenvalue weighted by Gasteiger charge is 2.19. The number of carbonyl (C=O) groups is 1. The minimum Gasteiger partial charge on any atom is -0.460 e. The van der Waals surface area contributed by atoms with Crippen molar-refractivity contribution in [3.63, 3.8) is 0 Å². The van der Waals surface area contributed by atoms with E-state index < -0.39 is 5.97 Å². The summed E-state index contributed by atoms with van der Waals surface area (Å²) in [6.45, 7) is 2.04. The van der Waals surface area contributed by atoms with E-state index >= 15 is 0 Å². The number of nitrogens with zero attached hydrogens (tertiary/aromatic N) is 4. The lowest BCUT2D eigenvalue weighted by atomic mass is 10.2. The quantitative estimate of drug-likeness (QED) is 0.500. The third-order valence-corrected chi connectivity index (χ3v) is 4.21. The average molecular weight is 400 g/mol. The van der Waals surface area contributed by atoms with Crippen LogP contribution in [-0.4, -0.2) is 32.4 Å². The van der Waals surface area contributed by atoms with Crippen LogP contribution in [0, 0.1) is 3.57 Å². The van der Waals surface area contributed by atoms with Crippen LogP contribution in [0.2, 0.25) is 0 Å². The normalized spacial score (nSPS) is 10.9. The van der Waals surface area contributed by atoms with E-state index in [2.05, 4.69) is 37.9 Å². The van der Waals surface area contributed by atoms with Crippen LogP contribution in [0.15, 0.2) is 24.3 Å². The molecule has 0 unspecified atom stereocenters. The number of ether oxygens (including phenoxy) is 1. The fraction of sp³-hybridized carbons (Fsp3) is 0.167. The lowest BCUT2D eigenvalue weighted by molar-refractivity contribution is 0.0509. The molecule has 0 aliphatic carbocycles. The van der Waals surface area contributed by atoms with Gasteiger partial charge in [-0.3, -0.25) is 0 Å². The smallest absolute Gasteiger partial charge is 0.378 e. The molecule has 0 atom stereocenters. The minimum atomic E-state index is -0.514. The van der Waals surface area contributed by atoms with Gasteiger partial charge in [0.25, 0.3) is 5.82 Å². The van der Waals surface area contributed by atoms with Crippen molar-refractivity contribution < 1.29 is 9.53 Å². The Morgan fingerprint density at radius 3 is 2.80 bits per heavy atom. The molecule has 1 aromatic carbocycles. The molecule has 0 fully saturated rings.